The lowest BCUT2D eigenvalue weighted by Crippen LogP contribution is -2.54. The molecule has 0 aromatic heterocycles. The lowest BCUT2D eigenvalue weighted by molar-refractivity contribution is -0.149. The molecule has 0 bridgehead atoms. The van der Waals surface area contributed by atoms with Gasteiger partial charge >= 0.3 is 0 Å². The second-order valence-electron chi connectivity index (χ2n) is 5.34. The van der Waals surface area contributed by atoms with Crippen LogP contribution in [0.1, 0.15) is 39.5 Å². The molecule has 2 aliphatic rings. The molecule has 1 unspecified atom stereocenters. The summed E-state index contributed by atoms with van der Waals surface area (Å²) >= 11 is 0. The fraction of sp³-hybridized carbons (Fsp3) is 0.923. The summed E-state index contributed by atoms with van der Waals surface area (Å²) in [5.74, 6) is 0.180. The second-order valence-corrected chi connectivity index (χ2v) is 5.34. The molecule has 2 rings (SSSR count). The quantitative estimate of drug-likeness (QED) is 0.851. The van der Waals surface area contributed by atoms with E-state index in [4.69, 9.17) is 4.74 Å². The molecule has 1 saturated heterocycles. The minimum atomic E-state index is -0.272. The number of ether oxygens (including phenoxy) is 1. The number of carbonyl (C=O) groups excluding carboxylic acids is 1. The third kappa shape index (κ3) is 3.59. The van der Waals surface area contributed by atoms with Crippen LogP contribution in [-0.4, -0.2) is 48.7 Å². The maximum Gasteiger partial charge on any atom is 0.253 e. The zero-order chi connectivity index (χ0) is 12.3. The molecule has 1 atom stereocenters. The lowest BCUT2D eigenvalue weighted by Gasteiger charge is -2.36. The van der Waals surface area contributed by atoms with Crippen LogP contribution >= 0.6 is 12.4 Å². The van der Waals surface area contributed by atoms with Crippen molar-refractivity contribution in [3.05, 3.63) is 0 Å². The van der Waals surface area contributed by atoms with E-state index >= 15 is 0 Å². The minimum absolute atomic E-state index is 0. The second kappa shape index (κ2) is 7.31. The van der Waals surface area contributed by atoms with Gasteiger partial charge in [0.05, 0.1) is 6.61 Å². The average Bonchev–Trinajstić information content (AvgIpc) is 2.83. The first-order valence-corrected chi connectivity index (χ1v) is 6.84. The van der Waals surface area contributed by atoms with Crippen LogP contribution in [0.3, 0.4) is 0 Å². The summed E-state index contributed by atoms with van der Waals surface area (Å²) in [5.41, 5.74) is 0. The highest BCUT2D eigenvalue weighted by Crippen LogP contribution is 2.26. The largest absolute Gasteiger partial charge is 0.366 e. The van der Waals surface area contributed by atoms with E-state index in [1.807, 2.05) is 0 Å². The third-order valence-electron chi connectivity index (χ3n) is 3.73. The predicted octanol–water partition coefficient (Wildman–Crippen LogP) is 1.58. The Kier molecular flexibility index (Phi) is 6.39. The van der Waals surface area contributed by atoms with Crippen molar-refractivity contribution in [3.63, 3.8) is 0 Å². The Morgan fingerprint density at radius 3 is 2.50 bits per heavy atom. The van der Waals surface area contributed by atoms with Crippen LogP contribution in [0.5, 0.6) is 0 Å². The molecule has 1 N–H and O–H groups in total. The monoisotopic (exact) mass is 276 g/mol. The van der Waals surface area contributed by atoms with Gasteiger partial charge in [-0.05, 0) is 26.7 Å². The summed E-state index contributed by atoms with van der Waals surface area (Å²) in [6.07, 6.45) is 4.55. The SMILES string of the molecule is CC(C)N(C(=O)C1CNCCO1)C1CCCC1.Cl. The summed E-state index contributed by atoms with van der Waals surface area (Å²) < 4.78 is 5.58. The van der Waals surface area contributed by atoms with Crippen molar-refractivity contribution in [2.45, 2.75) is 57.7 Å². The normalized spacial score (nSPS) is 24.9. The molecular formula is C13H25ClN2O2. The average molecular weight is 277 g/mol. The highest BCUT2D eigenvalue weighted by Gasteiger charge is 2.34. The van der Waals surface area contributed by atoms with Gasteiger partial charge in [-0.3, -0.25) is 4.79 Å². The Balaban J connectivity index is 0.00000162. The van der Waals surface area contributed by atoms with E-state index in [0.29, 0.717) is 19.2 Å². The Morgan fingerprint density at radius 1 is 1.33 bits per heavy atom. The Labute approximate surface area is 116 Å². The van der Waals surface area contributed by atoms with Crippen molar-refractivity contribution in [2.75, 3.05) is 19.7 Å². The minimum Gasteiger partial charge on any atom is -0.366 e. The predicted molar refractivity (Wildman–Crippen MR) is 74.1 cm³/mol. The number of amides is 1. The van der Waals surface area contributed by atoms with Gasteiger partial charge in [0.1, 0.15) is 6.10 Å². The van der Waals surface area contributed by atoms with E-state index in [1.54, 1.807) is 0 Å². The van der Waals surface area contributed by atoms with E-state index in [2.05, 4.69) is 24.1 Å². The van der Waals surface area contributed by atoms with Crippen LogP contribution in [-0.2, 0) is 9.53 Å². The molecule has 0 radical (unpaired) electrons. The number of nitrogens with one attached hydrogen (secondary N) is 1. The molecule has 5 heteroatoms. The topological polar surface area (TPSA) is 41.6 Å². The van der Waals surface area contributed by atoms with E-state index < -0.39 is 0 Å². The van der Waals surface area contributed by atoms with Crippen molar-refractivity contribution >= 4 is 18.3 Å². The van der Waals surface area contributed by atoms with Crippen LogP contribution in [0.25, 0.3) is 0 Å². The number of nitrogens with zero attached hydrogens (tertiary/aromatic N) is 1. The van der Waals surface area contributed by atoms with Gasteiger partial charge in [0.15, 0.2) is 0 Å². The van der Waals surface area contributed by atoms with Crippen molar-refractivity contribution in [2.24, 2.45) is 0 Å². The van der Waals surface area contributed by atoms with Crippen LogP contribution < -0.4 is 5.32 Å². The highest BCUT2D eigenvalue weighted by atomic mass is 35.5. The molecule has 0 spiro atoms. The first-order chi connectivity index (χ1) is 8.20. The smallest absolute Gasteiger partial charge is 0.253 e. The van der Waals surface area contributed by atoms with Crippen molar-refractivity contribution in [3.8, 4) is 0 Å². The van der Waals surface area contributed by atoms with Crippen LogP contribution in [0.15, 0.2) is 0 Å². The van der Waals surface area contributed by atoms with E-state index in [0.717, 1.165) is 19.4 Å². The molecule has 1 heterocycles. The summed E-state index contributed by atoms with van der Waals surface area (Å²) in [4.78, 5) is 14.5. The lowest BCUT2D eigenvalue weighted by atomic mass is 10.1. The molecule has 0 aromatic carbocycles. The molecule has 1 aliphatic heterocycles. The van der Waals surface area contributed by atoms with E-state index in [9.17, 15) is 4.79 Å². The number of morpholine rings is 1. The molecule has 4 nitrogen and oxygen atoms in total. The fourth-order valence-corrected chi connectivity index (χ4v) is 2.93. The van der Waals surface area contributed by atoms with Gasteiger partial charge < -0.3 is 15.0 Å². The van der Waals surface area contributed by atoms with Gasteiger partial charge in [0.2, 0.25) is 0 Å². The van der Waals surface area contributed by atoms with Gasteiger partial charge in [-0.2, -0.15) is 0 Å². The third-order valence-corrected chi connectivity index (χ3v) is 3.73. The van der Waals surface area contributed by atoms with Gasteiger partial charge in [-0.25, -0.2) is 0 Å². The standard InChI is InChI=1S/C13H24N2O2.ClH/c1-10(2)15(11-5-3-4-6-11)13(16)12-9-14-7-8-17-12;/h10-12,14H,3-9H2,1-2H3;1H. The van der Waals surface area contributed by atoms with Crippen molar-refractivity contribution in [1.29, 1.82) is 0 Å². The van der Waals surface area contributed by atoms with Gasteiger partial charge in [0.25, 0.3) is 5.91 Å². The molecule has 1 saturated carbocycles. The zero-order valence-electron chi connectivity index (χ0n) is 11.4. The number of halogens is 1. The maximum atomic E-state index is 12.5. The zero-order valence-corrected chi connectivity index (χ0v) is 12.2. The number of hydrogen-bond acceptors (Lipinski definition) is 3. The Morgan fingerprint density at radius 2 is 2.00 bits per heavy atom. The number of rotatable bonds is 3. The van der Waals surface area contributed by atoms with Crippen LogP contribution in [0, 0.1) is 0 Å². The first-order valence-electron chi connectivity index (χ1n) is 6.84. The first kappa shape index (κ1) is 15.7. The molecular weight excluding hydrogens is 252 g/mol. The summed E-state index contributed by atoms with van der Waals surface area (Å²) in [6, 6.07) is 0.712. The molecule has 106 valence electrons. The Bertz CT molecular complexity index is 262. The number of hydrogen-bond donors (Lipinski definition) is 1. The van der Waals surface area contributed by atoms with Gasteiger partial charge in [0, 0.05) is 25.2 Å². The van der Waals surface area contributed by atoms with Crippen LogP contribution in [0.2, 0.25) is 0 Å². The Hall–Kier alpha value is -0.320. The van der Waals surface area contributed by atoms with Crippen LogP contribution in [0.4, 0.5) is 0 Å². The summed E-state index contributed by atoms with van der Waals surface area (Å²) in [5, 5.41) is 3.23. The van der Waals surface area contributed by atoms with E-state index in [-0.39, 0.29) is 30.5 Å². The number of carbonyl (C=O) groups is 1. The fourth-order valence-electron chi connectivity index (χ4n) is 2.93. The van der Waals surface area contributed by atoms with Gasteiger partial charge in [-0.1, -0.05) is 12.8 Å². The van der Waals surface area contributed by atoms with Crippen molar-refractivity contribution in [1.82, 2.24) is 10.2 Å². The summed E-state index contributed by atoms with van der Waals surface area (Å²) in [6.45, 7) is 6.37. The molecule has 1 amide bonds. The van der Waals surface area contributed by atoms with E-state index in [1.165, 1.54) is 12.8 Å². The van der Waals surface area contributed by atoms with Crippen molar-refractivity contribution < 1.29 is 9.53 Å². The molecule has 18 heavy (non-hydrogen) atoms. The molecule has 0 aromatic rings. The van der Waals surface area contributed by atoms with Gasteiger partial charge in [-0.15, -0.1) is 12.4 Å². The summed E-state index contributed by atoms with van der Waals surface area (Å²) in [7, 11) is 0. The maximum absolute atomic E-state index is 12.5. The molecule has 2 fully saturated rings. The molecule has 1 aliphatic carbocycles. The highest BCUT2D eigenvalue weighted by molar-refractivity contribution is 5.85.